The van der Waals surface area contributed by atoms with Crippen LogP contribution in [0.5, 0.6) is 0 Å². The molecule has 0 atom stereocenters. The highest BCUT2D eigenvalue weighted by molar-refractivity contribution is 5.81. The van der Waals surface area contributed by atoms with Crippen LogP contribution in [0.25, 0.3) is 0 Å². The number of carbonyl (C=O) groups excluding carboxylic acids is 1. The molecule has 9 heavy (non-hydrogen) atoms. The molecular weight excluding hydrogens is 120 g/mol. The van der Waals surface area contributed by atoms with Crippen LogP contribution in [-0.4, -0.2) is 24.3 Å². The lowest BCUT2D eigenvalue weighted by Gasteiger charge is -1.94. The monoisotopic (exact) mass is 128 g/mol. The van der Waals surface area contributed by atoms with Crippen molar-refractivity contribution in [3.63, 3.8) is 0 Å². The van der Waals surface area contributed by atoms with E-state index >= 15 is 0 Å². The van der Waals surface area contributed by atoms with E-state index < -0.39 is 5.97 Å². The molecule has 50 valence electrons. The zero-order valence-corrected chi connectivity index (χ0v) is 4.96. The van der Waals surface area contributed by atoms with E-state index in [-0.39, 0.29) is 13.2 Å². The van der Waals surface area contributed by atoms with Crippen molar-refractivity contribution in [3.8, 4) is 0 Å². The first-order valence-electron chi connectivity index (χ1n) is 2.44. The van der Waals surface area contributed by atoms with Gasteiger partial charge < -0.3 is 9.84 Å². The van der Waals surface area contributed by atoms with E-state index in [0.717, 1.165) is 6.08 Å². The minimum absolute atomic E-state index is 0.0248. The summed E-state index contributed by atoms with van der Waals surface area (Å²) in [5.41, 5.74) is 2.25. The van der Waals surface area contributed by atoms with Crippen molar-refractivity contribution in [1.82, 2.24) is 0 Å². The summed E-state index contributed by atoms with van der Waals surface area (Å²) >= 11 is 0. The Balaban J connectivity index is 3.39. The zero-order chi connectivity index (χ0) is 7.11. The van der Waals surface area contributed by atoms with Gasteiger partial charge in [0, 0.05) is 0 Å². The Morgan fingerprint density at radius 2 is 2.56 bits per heavy atom. The molecule has 0 heterocycles. The lowest BCUT2D eigenvalue weighted by atomic mass is 10.6. The minimum Gasteiger partial charge on any atom is -0.460 e. The Hall–Kier alpha value is -1.05. The molecule has 0 amide bonds. The van der Waals surface area contributed by atoms with E-state index in [0.29, 0.717) is 0 Å². The number of esters is 1. The van der Waals surface area contributed by atoms with Crippen molar-refractivity contribution in [3.05, 3.63) is 18.4 Å². The molecule has 0 aliphatic heterocycles. The predicted octanol–water partition coefficient (Wildman–Crippen LogP) is -0.137. The smallest absolute Gasteiger partial charge is 0.338 e. The summed E-state index contributed by atoms with van der Waals surface area (Å²) in [6.07, 6.45) is 1.07. The number of hydrogen-bond acceptors (Lipinski definition) is 3. The van der Waals surface area contributed by atoms with E-state index in [9.17, 15) is 4.79 Å². The number of carbonyl (C=O) groups is 1. The van der Waals surface area contributed by atoms with E-state index in [1.807, 2.05) is 0 Å². The molecule has 0 bridgehead atoms. The molecule has 0 saturated carbocycles. The average molecular weight is 128 g/mol. The lowest BCUT2D eigenvalue weighted by Crippen LogP contribution is -2.04. The van der Waals surface area contributed by atoms with Crippen LogP contribution < -0.4 is 0 Å². The fourth-order valence-corrected chi connectivity index (χ4v) is 0.271. The fourth-order valence-electron chi connectivity index (χ4n) is 0.271. The van der Waals surface area contributed by atoms with Crippen molar-refractivity contribution < 1.29 is 14.6 Å². The summed E-state index contributed by atoms with van der Waals surface area (Å²) in [6.45, 7) is 3.03. The van der Waals surface area contributed by atoms with Crippen molar-refractivity contribution in [2.45, 2.75) is 0 Å². The third-order valence-corrected chi connectivity index (χ3v) is 0.556. The van der Waals surface area contributed by atoms with Crippen molar-refractivity contribution in [1.29, 1.82) is 0 Å². The van der Waals surface area contributed by atoms with Gasteiger partial charge in [0.15, 0.2) is 0 Å². The molecule has 0 rings (SSSR count). The quantitative estimate of drug-likeness (QED) is 0.327. The molecule has 0 unspecified atom stereocenters. The van der Waals surface area contributed by atoms with Gasteiger partial charge in [0.1, 0.15) is 6.61 Å². The summed E-state index contributed by atoms with van der Waals surface area (Å²) in [6, 6.07) is 0. The second-order valence-electron chi connectivity index (χ2n) is 1.24. The van der Waals surface area contributed by atoms with Crippen LogP contribution in [0.4, 0.5) is 0 Å². The molecule has 3 nitrogen and oxygen atoms in total. The normalized spacial score (nSPS) is 7.67. The molecule has 0 aromatic rings. The van der Waals surface area contributed by atoms with Crippen LogP contribution in [0.2, 0.25) is 0 Å². The van der Waals surface area contributed by atoms with E-state index in [1.165, 1.54) is 0 Å². The van der Waals surface area contributed by atoms with Crippen LogP contribution in [0.3, 0.4) is 0 Å². The van der Waals surface area contributed by atoms with Gasteiger partial charge >= 0.3 is 5.97 Å². The molecule has 0 fully saturated rings. The summed E-state index contributed by atoms with van der Waals surface area (Å²) < 4.78 is 4.38. The Morgan fingerprint density at radius 3 is 3.00 bits per heavy atom. The summed E-state index contributed by atoms with van der Waals surface area (Å²) in [5.74, 6) is -0.529. The maximum absolute atomic E-state index is 10.3. The largest absolute Gasteiger partial charge is 0.460 e. The Kier molecular flexibility index (Phi) is 4.50. The molecule has 0 aromatic carbocycles. The highest BCUT2D eigenvalue weighted by atomic mass is 16.5. The van der Waals surface area contributed by atoms with E-state index in [2.05, 4.69) is 17.0 Å². The molecule has 0 aliphatic rings. The van der Waals surface area contributed by atoms with Gasteiger partial charge in [0.25, 0.3) is 0 Å². The first-order valence-corrected chi connectivity index (χ1v) is 2.44. The van der Waals surface area contributed by atoms with E-state index in [4.69, 9.17) is 5.11 Å². The first kappa shape index (κ1) is 7.95. The average Bonchev–Trinajstić information content (AvgIpc) is 1.85. The molecule has 1 N–H and O–H groups in total. The van der Waals surface area contributed by atoms with Crippen LogP contribution in [0.1, 0.15) is 0 Å². The van der Waals surface area contributed by atoms with Gasteiger partial charge in [-0.05, 0) is 0 Å². The Labute approximate surface area is 53.3 Å². The van der Waals surface area contributed by atoms with Crippen molar-refractivity contribution in [2.24, 2.45) is 0 Å². The Morgan fingerprint density at radius 1 is 1.89 bits per heavy atom. The summed E-state index contributed by atoms with van der Waals surface area (Å²) in [5, 5.41) is 8.16. The number of rotatable bonds is 3. The first-order chi connectivity index (χ1) is 4.31. The van der Waals surface area contributed by atoms with Crippen molar-refractivity contribution >= 4 is 5.97 Å². The second kappa shape index (κ2) is 5.09. The maximum Gasteiger partial charge on any atom is 0.338 e. The van der Waals surface area contributed by atoms with Crippen LogP contribution >= 0.6 is 0 Å². The molecule has 0 aliphatic carbocycles. The third kappa shape index (κ3) is 4.81. The van der Waals surface area contributed by atoms with Gasteiger partial charge in [-0.1, -0.05) is 6.58 Å². The molecule has 0 saturated heterocycles. The second-order valence-corrected chi connectivity index (χ2v) is 1.24. The Bertz CT molecular complexity index is 133. The van der Waals surface area contributed by atoms with Crippen LogP contribution in [-0.2, 0) is 9.53 Å². The van der Waals surface area contributed by atoms with Gasteiger partial charge in [-0.3, -0.25) is 0 Å². The number of aliphatic hydroxyl groups is 1. The van der Waals surface area contributed by atoms with Gasteiger partial charge in [-0.15, -0.1) is 5.73 Å². The highest BCUT2D eigenvalue weighted by Crippen LogP contribution is 1.76. The fraction of sp³-hybridized carbons (Fsp3) is 0.333. The zero-order valence-electron chi connectivity index (χ0n) is 4.96. The van der Waals surface area contributed by atoms with Crippen LogP contribution in [0, 0.1) is 0 Å². The van der Waals surface area contributed by atoms with Gasteiger partial charge in [0.2, 0.25) is 0 Å². The predicted molar refractivity (Wildman–Crippen MR) is 31.8 cm³/mol. The topological polar surface area (TPSA) is 46.5 Å². The van der Waals surface area contributed by atoms with Crippen molar-refractivity contribution in [2.75, 3.05) is 13.2 Å². The summed E-state index contributed by atoms with van der Waals surface area (Å²) in [4.78, 5) is 10.3. The van der Waals surface area contributed by atoms with Crippen LogP contribution in [0.15, 0.2) is 18.4 Å². The lowest BCUT2D eigenvalue weighted by molar-refractivity contribution is -0.138. The standard InChI is InChI=1S/C6H8O3/c1-2-3-6(8)9-5-4-7/h3,7H,1,4-5H2. The molecule has 0 spiro atoms. The SMILES string of the molecule is C=C=CC(=O)OCCO. The van der Waals surface area contributed by atoms with E-state index in [1.54, 1.807) is 0 Å². The van der Waals surface area contributed by atoms with Gasteiger partial charge in [-0.2, -0.15) is 0 Å². The van der Waals surface area contributed by atoms with Gasteiger partial charge in [0.05, 0.1) is 12.7 Å². The molecule has 0 radical (unpaired) electrons. The molecule has 0 aromatic heterocycles. The minimum atomic E-state index is -0.529. The number of hydrogen-bond donors (Lipinski definition) is 1. The van der Waals surface area contributed by atoms with Gasteiger partial charge in [-0.25, -0.2) is 4.79 Å². The summed E-state index contributed by atoms with van der Waals surface area (Å²) in [7, 11) is 0. The molecule has 3 heteroatoms. The third-order valence-electron chi connectivity index (χ3n) is 0.556. The number of ether oxygens (including phenoxy) is 1. The number of aliphatic hydroxyl groups excluding tert-OH is 1. The molecular formula is C6H8O3. The maximum atomic E-state index is 10.3. The highest BCUT2D eigenvalue weighted by Gasteiger charge is 1.91.